The lowest BCUT2D eigenvalue weighted by Gasteiger charge is -2.32. The van der Waals surface area contributed by atoms with Gasteiger partial charge in [-0.15, -0.1) is 17.7 Å². The van der Waals surface area contributed by atoms with E-state index in [-0.39, 0.29) is 22.0 Å². The van der Waals surface area contributed by atoms with Crippen LogP contribution in [0.2, 0.25) is 0 Å². The zero-order valence-corrected chi connectivity index (χ0v) is 14.7. The molecule has 1 aromatic heterocycles. The van der Waals surface area contributed by atoms with E-state index in [1.54, 1.807) is 13.0 Å². The van der Waals surface area contributed by atoms with Crippen molar-refractivity contribution in [2.24, 2.45) is 4.99 Å². The molecule has 0 saturated carbocycles. The van der Waals surface area contributed by atoms with Gasteiger partial charge in [-0.2, -0.15) is 4.99 Å². The Morgan fingerprint density at radius 1 is 1.08 bits per heavy atom. The Balaban J connectivity index is 2.22. The number of amidine groups is 1. The second-order valence-corrected chi connectivity index (χ2v) is 7.86. The summed E-state index contributed by atoms with van der Waals surface area (Å²) in [6.45, 7) is 1.61. The zero-order valence-electron chi connectivity index (χ0n) is 13.9. The van der Waals surface area contributed by atoms with Gasteiger partial charge in [0.2, 0.25) is 0 Å². The van der Waals surface area contributed by atoms with Crippen LogP contribution in [0.5, 0.6) is 0 Å². The molecule has 1 atom stereocenters. The Morgan fingerprint density at radius 2 is 1.73 bits per heavy atom. The summed E-state index contributed by atoms with van der Waals surface area (Å²) < 4.78 is 64.2. The fourth-order valence-corrected chi connectivity index (χ4v) is 3.46. The van der Waals surface area contributed by atoms with E-state index in [1.807, 2.05) is 0 Å². The van der Waals surface area contributed by atoms with E-state index in [4.69, 9.17) is 0 Å². The number of pyridine rings is 1. The van der Waals surface area contributed by atoms with Gasteiger partial charge in [0.15, 0.2) is 15.5 Å². The standard InChI is InChI=1S/C17H15F3N3O2S/c1-12-15(4-3-9-21-12)16-22-10-11-23(16,17(18,19)20)13-5-7-14(8-6-13)26(2,24)25/h3-11H,1-2H3/q+1. The second-order valence-electron chi connectivity index (χ2n) is 5.84. The summed E-state index contributed by atoms with van der Waals surface area (Å²) in [7, 11) is -3.52. The van der Waals surface area contributed by atoms with Crippen molar-refractivity contribution in [1.29, 1.82) is 0 Å². The van der Waals surface area contributed by atoms with Crippen LogP contribution in [0.1, 0.15) is 11.3 Å². The molecule has 0 bridgehead atoms. The number of sulfone groups is 1. The first kappa shape index (κ1) is 18.3. The molecule has 1 aliphatic heterocycles. The van der Waals surface area contributed by atoms with E-state index in [1.165, 1.54) is 12.3 Å². The van der Waals surface area contributed by atoms with E-state index in [9.17, 15) is 21.6 Å². The minimum atomic E-state index is -4.74. The molecular formula is C17H15F3N3O2S+. The summed E-state index contributed by atoms with van der Waals surface area (Å²) in [6, 6.07) is 7.70. The Labute approximate surface area is 148 Å². The Morgan fingerprint density at radius 3 is 2.27 bits per heavy atom. The highest BCUT2D eigenvalue weighted by Crippen LogP contribution is 2.42. The molecule has 5 nitrogen and oxygen atoms in total. The molecule has 0 amide bonds. The fourth-order valence-electron chi connectivity index (χ4n) is 2.83. The monoisotopic (exact) mass is 382 g/mol. The highest BCUT2D eigenvalue weighted by molar-refractivity contribution is 7.90. The van der Waals surface area contributed by atoms with Gasteiger partial charge in [-0.1, -0.05) is 0 Å². The summed E-state index contributed by atoms with van der Waals surface area (Å²) >= 11 is 0. The molecule has 2 aromatic rings. The molecule has 136 valence electrons. The van der Waals surface area contributed by atoms with Gasteiger partial charge in [0, 0.05) is 24.6 Å². The minimum Gasteiger partial charge on any atom is -0.261 e. The molecule has 3 rings (SSSR count). The number of halogens is 3. The number of aryl methyl sites for hydroxylation is 1. The quantitative estimate of drug-likeness (QED) is 0.603. The van der Waals surface area contributed by atoms with Crippen molar-refractivity contribution >= 4 is 21.4 Å². The maximum Gasteiger partial charge on any atom is 0.576 e. The van der Waals surface area contributed by atoms with Crippen molar-refractivity contribution in [2.75, 3.05) is 6.26 Å². The molecule has 2 heterocycles. The van der Waals surface area contributed by atoms with Gasteiger partial charge in [-0.25, -0.2) is 8.42 Å². The van der Waals surface area contributed by atoms with Crippen molar-refractivity contribution in [2.45, 2.75) is 18.1 Å². The van der Waals surface area contributed by atoms with Crippen LogP contribution in [0.4, 0.5) is 18.9 Å². The third-order valence-electron chi connectivity index (χ3n) is 4.14. The number of aromatic nitrogens is 1. The average Bonchev–Trinajstić information content (AvgIpc) is 3.00. The molecule has 1 unspecified atom stereocenters. The Kier molecular flexibility index (Phi) is 4.24. The maximum absolute atomic E-state index is 14.2. The van der Waals surface area contributed by atoms with Crippen molar-refractivity contribution in [3.05, 3.63) is 66.3 Å². The van der Waals surface area contributed by atoms with Crippen LogP contribution < -0.4 is 4.48 Å². The van der Waals surface area contributed by atoms with Crippen LogP contribution in [0.25, 0.3) is 0 Å². The number of hydrogen-bond acceptors (Lipinski definition) is 4. The van der Waals surface area contributed by atoms with Gasteiger partial charge < -0.3 is 0 Å². The molecule has 26 heavy (non-hydrogen) atoms. The molecule has 0 fully saturated rings. The summed E-state index contributed by atoms with van der Waals surface area (Å²) in [5.74, 6) is -0.241. The lowest BCUT2D eigenvalue weighted by molar-refractivity contribution is -0.196. The number of alkyl halides is 3. The van der Waals surface area contributed by atoms with Gasteiger partial charge >= 0.3 is 6.30 Å². The number of benzene rings is 1. The fraction of sp³-hybridized carbons (Fsp3) is 0.176. The van der Waals surface area contributed by atoms with E-state index in [0.717, 1.165) is 42.9 Å². The van der Waals surface area contributed by atoms with Crippen LogP contribution >= 0.6 is 0 Å². The van der Waals surface area contributed by atoms with Crippen LogP contribution in [0.15, 0.2) is 64.9 Å². The lowest BCUT2D eigenvalue weighted by Crippen LogP contribution is -2.58. The topological polar surface area (TPSA) is 59.4 Å². The molecule has 9 heteroatoms. The largest absolute Gasteiger partial charge is 0.576 e. The summed E-state index contributed by atoms with van der Waals surface area (Å²) in [5, 5.41) is 0. The number of nitrogens with zero attached hydrogens (tertiary/aromatic N) is 3. The predicted molar refractivity (Wildman–Crippen MR) is 92.1 cm³/mol. The molecule has 1 aliphatic rings. The number of hydrogen-bond donors (Lipinski definition) is 0. The van der Waals surface area contributed by atoms with E-state index < -0.39 is 20.6 Å². The first-order valence-corrected chi connectivity index (χ1v) is 9.41. The van der Waals surface area contributed by atoms with Crippen molar-refractivity contribution in [3.8, 4) is 0 Å². The number of quaternary nitrogens is 1. The third-order valence-corrected chi connectivity index (χ3v) is 5.27. The predicted octanol–water partition coefficient (Wildman–Crippen LogP) is 3.55. The normalized spacial score (nSPS) is 20.3. The first-order valence-electron chi connectivity index (χ1n) is 7.52. The Hall–Kier alpha value is -2.52. The van der Waals surface area contributed by atoms with E-state index in [0.29, 0.717) is 5.69 Å². The number of aliphatic imine (C=N–C) groups is 1. The molecule has 0 N–H and O–H groups in total. The van der Waals surface area contributed by atoms with Crippen LogP contribution in [-0.2, 0) is 9.84 Å². The maximum atomic E-state index is 14.2. The van der Waals surface area contributed by atoms with Crippen LogP contribution in [0, 0.1) is 6.92 Å². The van der Waals surface area contributed by atoms with Crippen molar-refractivity contribution in [1.82, 2.24) is 9.47 Å². The van der Waals surface area contributed by atoms with Crippen LogP contribution in [-0.4, -0.2) is 31.8 Å². The zero-order chi connectivity index (χ0) is 19.2. The first-order chi connectivity index (χ1) is 12.1. The van der Waals surface area contributed by atoms with Gasteiger partial charge in [0.25, 0.3) is 5.84 Å². The Bertz CT molecular complexity index is 1010. The molecule has 1 aromatic carbocycles. The number of rotatable bonds is 3. The average molecular weight is 382 g/mol. The molecule has 0 radical (unpaired) electrons. The summed E-state index contributed by atoms with van der Waals surface area (Å²) in [5.41, 5.74) is 0.511. The van der Waals surface area contributed by atoms with E-state index in [2.05, 4.69) is 9.98 Å². The molecule has 0 aliphatic carbocycles. The van der Waals surface area contributed by atoms with E-state index >= 15 is 0 Å². The minimum absolute atomic E-state index is 0.0548. The molecule has 0 spiro atoms. The SMILES string of the molecule is Cc1ncccc1C1=NC=C[N+]1(c1ccc(S(C)(=O)=O)cc1)C(F)(F)F. The summed E-state index contributed by atoms with van der Waals surface area (Å²) in [6.07, 6.45) is -0.222. The van der Waals surface area contributed by atoms with Gasteiger partial charge in [0.1, 0.15) is 6.20 Å². The smallest absolute Gasteiger partial charge is 0.261 e. The summed E-state index contributed by atoms with van der Waals surface area (Å²) in [4.78, 5) is 7.96. The van der Waals surface area contributed by atoms with Crippen molar-refractivity contribution in [3.63, 3.8) is 0 Å². The molecular weight excluding hydrogens is 367 g/mol. The van der Waals surface area contributed by atoms with Crippen LogP contribution in [0.3, 0.4) is 0 Å². The third kappa shape index (κ3) is 2.82. The highest BCUT2D eigenvalue weighted by Gasteiger charge is 2.61. The molecule has 0 saturated heterocycles. The lowest BCUT2D eigenvalue weighted by atomic mass is 10.1. The van der Waals surface area contributed by atoms with Gasteiger partial charge in [-0.05, 0) is 31.2 Å². The van der Waals surface area contributed by atoms with Crippen molar-refractivity contribution < 1.29 is 21.6 Å². The second kappa shape index (κ2) is 6.03. The van der Waals surface area contributed by atoms with Gasteiger partial charge in [0.05, 0.1) is 22.4 Å². The van der Waals surface area contributed by atoms with Gasteiger partial charge in [-0.3, -0.25) is 4.98 Å². The highest BCUT2D eigenvalue weighted by atomic mass is 32.2.